The van der Waals surface area contributed by atoms with Crippen LogP contribution < -0.4 is 10.5 Å². The summed E-state index contributed by atoms with van der Waals surface area (Å²) in [5.74, 6) is -2.00. The molecule has 0 aliphatic heterocycles. The largest absolute Gasteiger partial charge is 0.398 e. The molecule has 21 heavy (non-hydrogen) atoms. The predicted molar refractivity (Wildman–Crippen MR) is 77.5 cm³/mol. The molecule has 0 spiro atoms. The van der Waals surface area contributed by atoms with Gasteiger partial charge in [-0.3, -0.25) is 4.72 Å². The van der Waals surface area contributed by atoms with Crippen LogP contribution in [0.15, 0.2) is 35.2 Å². The van der Waals surface area contributed by atoms with Gasteiger partial charge in [0.05, 0.1) is 5.69 Å². The molecule has 0 amide bonds. The molecule has 3 N–H and O–H groups in total. The maximum absolute atomic E-state index is 13.6. The van der Waals surface area contributed by atoms with Crippen molar-refractivity contribution in [2.45, 2.75) is 18.7 Å². The van der Waals surface area contributed by atoms with E-state index >= 15 is 0 Å². The van der Waals surface area contributed by atoms with Gasteiger partial charge in [0.1, 0.15) is 16.5 Å². The first-order valence-corrected chi connectivity index (χ1v) is 7.54. The van der Waals surface area contributed by atoms with Gasteiger partial charge in [-0.15, -0.1) is 0 Å². The molecular weight excluding hydrogens is 298 g/mol. The molecule has 0 atom stereocenters. The molecular formula is C14H14F2N2O2S. The van der Waals surface area contributed by atoms with Gasteiger partial charge in [0.25, 0.3) is 10.0 Å². The van der Waals surface area contributed by atoms with Crippen molar-refractivity contribution in [1.82, 2.24) is 0 Å². The van der Waals surface area contributed by atoms with Crippen molar-refractivity contribution < 1.29 is 17.2 Å². The maximum atomic E-state index is 13.6. The highest BCUT2D eigenvalue weighted by Crippen LogP contribution is 2.27. The Hall–Kier alpha value is -2.15. The average molecular weight is 312 g/mol. The molecule has 2 aromatic carbocycles. The fraction of sp³-hybridized carbons (Fsp3) is 0.143. The van der Waals surface area contributed by atoms with Gasteiger partial charge >= 0.3 is 0 Å². The van der Waals surface area contributed by atoms with E-state index in [1.165, 1.54) is 0 Å². The minimum Gasteiger partial charge on any atom is -0.398 e. The Kier molecular flexibility index (Phi) is 3.87. The summed E-state index contributed by atoms with van der Waals surface area (Å²) in [4.78, 5) is -0.623. The molecule has 2 aromatic rings. The van der Waals surface area contributed by atoms with Gasteiger partial charge in [0.2, 0.25) is 0 Å². The number of aryl methyl sites for hydroxylation is 1. The van der Waals surface area contributed by atoms with Crippen LogP contribution in [0.4, 0.5) is 20.2 Å². The second-order valence-corrected chi connectivity index (χ2v) is 6.30. The third-order valence-corrected chi connectivity index (χ3v) is 4.56. The fourth-order valence-electron chi connectivity index (χ4n) is 1.87. The van der Waals surface area contributed by atoms with Crippen molar-refractivity contribution >= 4 is 21.4 Å². The summed E-state index contributed by atoms with van der Waals surface area (Å²) < 4.78 is 53.1. The van der Waals surface area contributed by atoms with Gasteiger partial charge in [-0.05, 0) is 43.2 Å². The molecule has 0 aromatic heterocycles. The van der Waals surface area contributed by atoms with Crippen LogP contribution in [0.2, 0.25) is 0 Å². The fourth-order valence-corrected chi connectivity index (χ4v) is 3.05. The number of benzene rings is 2. The number of sulfonamides is 1. The Morgan fingerprint density at radius 3 is 2.38 bits per heavy atom. The lowest BCUT2D eigenvalue weighted by molar-refractivity contribution is 0.551. The Morgan fingerprint density at radius 2 is 1.76 bits per heavy atom. The van der Waals surface area contributed by atoms with Gasteiger partial charge in [-0.1, -0.05) is 6.07 Å². The van der Waals surface area contributed by atoms with Crippen LogP contribution in [0.25, 0.3) is 0 Å². The first-order chi connectivity index (χ1) is 9.72. The van der Waals surface area contributed by atoms with E-state index in [1.807, 2.05) is 0 Å². The molecule has 112 valence electrons. The third-order valence-electron chi connectivity index (χ3n) is 3.16. The van der Waals surface area contributed by atoms with Crippen LogP contribution >= 0.6 is 0 Å². The summed E-state index contributed by atoms with van der Waals surface area (Å²) in [6.45, 7) is 3.45. The van der Waals surface area contributed by atoms with E-state index in [0.717, 1.165) is 17.7 Å². The predicted octanol–water partition coefficient (Wildman–Crippen LogP) is 2.96. The lowest BCUT2D eigenvalue weighted by Crippen LogP contribution is -2.16. The lowest BCUT2D eigenvalue weighted by atomic mass is 10.1. The summed E-state index contributed by atoms with van der Waals surface area (Å²) >= 11 is 0. The van der Waals surface area contributed by atoms with Crippen molar-refractivity contribution in [2.75, 3.05) is 10.5 Å². The molecule has 0 saturated carbocycles. The monoisotopic (exact) mass is 312 g/mol. The molecule has 2 rings (SSSR count). The van der Waals surface area contributed by atoms with E-state index in [4.69, 9.17) is 5.73 Å². The quantitative estimate of drug-likeness (QED) is 0.856. The molecule has 0 heterocycles. The number of nitrogens with one attached hydrogen (secondary N) is 1. The third kappa shape index (κ3) is 2.97. The zero-order valence-corrected chi connectivity index (χ0v) is 12.3. The average Bonchev–Trinajstić information content (AvgIpc) is 2.39. The van der Waals surface area contributed by atoms with Crippen LogP contribution in [0.5, 0.6) is 0 Å². The zero-order valence-electron chi connectivity index (χ0n) is 11.4. The van der Waals surface area contributed by atoms with Crippen LogP contribution in [0.3, 0.4) is 0 Å². The van der Waals surface area contributed by atoms with Gasteiger partial charge in [0.15, 0.2) is 0 Å². The van der Waals surface area contributed by atoms with Crippen LogP contribution in [0.1, 0.15) is 11.1 Å². The molecule has 0 bridgehead atoms. The molecule has 7 heteroatoms. The highest BCUT2D eigenvalue weighted by atomic mass is 32.2. The Balaban J connectivity index is 2.45. The highest BCUT2D eigenvalue weighted by molar-refractivity contribution is 7.92. The number of anilines is 2. The number of halogens is 2. The van der Waals surface area contributed by atoms with E-state index in [1.54, 1.807) is 26.0 Å². The molecule has 0 aliphatic carbocycles. The second-order valence-electron chi connectivity index (χ2n) is 4.65. The van der Waals surface area contributed by atoms with Gasteiger partial charge in [-0.25, -0.2) is 17.2 Å². The van der Waals surface area contributed by atoms with Crippen molar-refractivity contribution in [2.24, 2.45) is 0 Å². The van der Waals surface area contributed by atoms with E-state index in [9.17, 15) is 17.2 Å². The Labute approximate surface area is 121 Å². The minimum absolute atomic E-state index is 0.252. The Bertz CT molecular complexity index is 805. The van der Waals surface area contributed by atoms with E-state index in [0.29, 0.717) is 17.3 Å². The number of hydrogen-bond donors (Lipinski definition) is 2. The van der Waals surface area contributed by atoms with Gasteiger partial charge < -0.3 is 5.73 Å². The van der Waals surface area contributed by atoms with Crippen LogP contribution in [-0.2, 0) is 10.0 Å². The summed E-state index contributed by atoms with van der Waals surface area (Å²) in [6.07, 6.45) is 0. The minimum atomic E-state index is -4.16. The van der Waals surface area contributed by atoms with Crippen LogP contribution in [-0.4, -0.2) is 8.42 Å². The highest BCUT2D eigenvalue weighted by Gasteiger charge is 2.21. The number of nitrogen functional groups attached to an aromatic ring is 1. The molecule has 0 aliphatic rings. The van der Waals surface area contributed by atoms with Crippen LogP contribution in [0, 0.1) is 25.5 Å². The topological polar surface area (TPSA) is 72.2 Å². The zero-order chi connectivity index (χ0) is 15.8. The molecule has 0 radical (unpaired) electrons. The Morgan fingerprint density at radius 1 is 1.10 bits per heavy atom. The smallest absolute Gasteiger partial charge is 0.264 e. The standard InChI is InChI=1S/C14H14F2N2O2S/c1-8-3-5-12(9(2)14(8)17)18-21(19,20)13-6-4-10(15)7-11(13)16/h3-7,18H,17H2,1-2H3. The summed E-state index contributed by atoms with van der Waals surface area (Å²) in [7, 11) is -4.16. The lowest BCUT2D eigenvalue weighted by Gasteiger charge is -2.14. The number of nitrogens with two attached hydrogens (primary N) is 1. The normalized spacial score (nSPS) is 11.4. The summed E-state index contributed by atoms with van der Waals surface area (Å²) in [6, 6.07) is 5.47. The number of rotatable bonds is 3. The second kappa shape index (κ2) is 5.33. The summed E-state index contributed by atoms with van der Waals surface area (Å²) in [5.41, 5.74) is 7.89. The summed E-state index contributed by atoms with van der Waals surface area (Å²) in [5, 5.41) is 0. The maximum Gasteiger partial charge on any atom is 0.264 e. The SMILES string of the molecule is Cc1ccc(NS(=O)(=O)c2ccc(F)cc2F)c(C)c1N. The molecule has 0 saturated heterocycles. The number of hydrogen-bond acceptors (Lipinski definition) is 3. The van der Waals surface area contributed by atoms with Crippen molar-refractivity contribution in [1.29, 1.82) is 0 Å². The van der Waals surface area contributed by atoms with Crippen molar-refractivity contribution in [3.63, 3.8) is 0 Å². The van der Waals surface area contributed by atoms with Crippen molar-refractivity contribution in [3.8, 4) is 0 Å². The molecule has 4 nitrogen and oxygen atoms in total. The first-order valence-electron chi connectivity index (χ1n) is 6.06. The van der Waals surface area contributed by atoms with Gasteiger partial charge in [-0.2, -0.15) is 0 Å². The van der Waals surface area contributed by atoms with Gasteiger partial charge in [0, 0.05) is 11.8 Å². The molecule has 0 fully saturated rings. The van der Waals surface area contributed by atoms with Crippen molar-refractivity contribution in [3.05, 3.63) is 53.1 Å². The van der Waals surface area contributed by atoms with E-state index in [-0.39, 0.29) is 5.69 Å². The van der Waals surface area contributed by atoms with E-state index < -0.39 is 26.6 Å². The first kappa shape index (κ1) is 15.2. The molecule has 0 unspecified atom stereocenters. The van der Waals surface area contributed by atoms with E-state index in [2.05, 4.69) is 4.72 Å².